The molecular formula is C36H54N4O5. The van der Waals surface area contributed by atoms with Crippen molar-refractivity contribution in [2.45, 2.75) is 124 Å². The highest BCUT2D eigenvalue weighted by Gasteiger charge is 2.37. The smallest absolute Gasteiger partial charge is 0.408 e. The molecule has 0 aliphatic heterocycles. The molecule has 0 aliphatic rings. The van der Waals surface area contributed by atoms with Crippen LogP contribution in [-0.4, -0.2) is 46.9 Å². The summed E-state index contributed by atoms with van der Waals surface area (Å²) < 4.78 is 5.45. The van der Waals surface area contributed by atoms with Gasteiger partial charge in [-0.05, 0) is 83.6 Å². The molecule has 0 aliphatic carbocycles. The van der Waals surface area contributed by atoms with Gasteiger partial charge in [-0.15, -0.1) is 0 Å². The number of hydrogen-bond acceptors (Lipinski definition) is 5. The van der Waals surface area contributed by atoms with Gasteiger partial charge in [0.1, 0.15) is 17.7 Å². The summed E-state index contributed by atoms with van der Waals surface area (Å²) in [5.74, 6) is -1.43. The second-order valence-electron chi connectivity index (χ2n) is 13.0. The number of amides is 4. The number of nitrogens with zero attached hydrogens (tertiary/aromatic N) is 1. The van der Waals surface area contributed by atoms with E-state index in [1.165, 1.54) is 0 Å². The average molecular weight is 623 g/mol. The van der Waals surface area contributed by atoms with E-state index >= 15 is 0 Å². The number of hydrogen-bond donors (Lipinski definition) is 3. The van der Waals surface area contributed by atoms with Crippen molar-refractivity contribution < 1.29 is 23.9 Å². The molecule has 0 heterocycles. The molecule has 4 amide bonds. The van der Waals surface area contributed by atoms with E-state index in [-0.39, 0.29) is 25.3 Å². The number of benzene rings is 2. The maximum Gasteiger partial charge on any atom is 0.408 e. The van der Waals surface area contributed by atoms with E-state index in [1.54, 1.807) is 25.7 Å². The van der Waals surface area contributed by atoms with Crippen molar-refractivity contribution in [2.24, 2.45) is 5.73 Å². The van der Waals surface area contributed by atoms with Crippen LogP contribution in [0.1, 0.15) is 113 Å². The van der Waals surface area contributed by atoms with Crippen molar-refractivity contribution in [1.82, 2.24) is 10.2 Å². The second-order valence-corrected chi connectivity index (χ2v) is 13.0. The van der Waals surface area contributed by atoms with Crippen LogP contribution in [-0.2, 0) is 19.1 Å². The molecule has 2 unspecified atom stereocenters. The van der Waals surface area contributed by atoms with Crippen LogP contribution in [0.5, 0.6) is 0 Å². The molecule has 4 N–H and O–H groups in total. The quantitative estimate of drug-likeness (QED) is 0.174. The molecular weight excluding hydrogens is 568 g/mol. The van der Waals surface area contributed by atoms with E-state index in [4.69, 9.17) is 10.5 Å². The van der Waals surface area contributed by atoms with Crippen molar-refractivity contribution in [3.63, 3.8) is 0 Å². The first kappa shape index (κ1) is 37.3. The van der Waals surface area contributed by atoms with Crippen LogP contribution < -0.4 is 16.4 Å². The Balaban J connectivity index is 2.62. The molecule has 2 atom stereocenters. The fraction of sp³-hybridized carbons (Fsp3) is 0.556. The van der Waals surface area contributed by atoms with Crippen LogP contribution in [0.25, 0.3) is 0 Å². The number of ether oxygens (including phenoxy) is 1. The van der Waals surface area contributed by atoms with Crippen LogP contribution in [0.2, 0.25) is 0 Å². The van der Waals surface area contributed by atoms with Gasteiger partial charge in [0, 0.05) is 18.7 Å². The second kappa shape index (κ2) is 17.6. The molecule has 0 bridgehead atoms. The Morgan fingerprint density at radius 1 is 0.889 bits per heavy atom. The van der Waals surface area contributed by atoms with Crippen molar-refractivity contribution >= 4 is 29.5 Å². The van der Waals surface area contributed by atoms with Crippen molar-refractivity contribution in [3.05, 3.63) is 64.2 Å². The highest BCUT2D eigenvalue weighted by molar-refractivity contribution is 6.00. The maximum absolute atomic E-state index is 14.5. The molecule has 0 spiro atoms. The van der Waals surface area contributed by atoms with Gasteiger partial charge >= 0.3 is 6.09 Å². The van der Waals surface area contributed by atoms with Gasteiger partial charge in [-0.1, -0.05) is 81.0 Å². The zero-order chi connectivity index (χ0) is 33.7. The molecule has 248 valence electrons. The number of anilines is 1. The van der Waals surface area contributed by atoms with Crippen molar-refractivity contribution in [3.8, 4) is 0 Å². The summed E-state index contributed by atoms with van der Waals surface area (Å²) in [7, 11) is 0. The van der Waals surface area contributed by atoms with E-state index in [9.17, 15) is 19.2 Å². The zero-order valence-corrected chi connectivity index (χ0v) is 28.5. The molecule has 0 radical (unpaired) electrons. The van der Waals surface area contributed by atoms with E-state index in [0.717, 1.165) is 54.4 Å². The monoisotopic (exact) mass is 622 g/mol. The SMILES string of the molecule is CCCCCCCCN(C(=O)C(CCC(N)=O)NC(=O)OC(C)(C)C)C(C(=O)Nc1c(C)cccc1C)c1ccc(C)cc1C. The lowest BCUT2D eigenvalue weighted by Gasteiger charge is -2.35. The van der Waals surface area contributed by atoms with Gasteiger partial charge in [0.05, 0.1) is 0 Å². The molecule has 0 saturated carbocycles. The van der Waals surface area contributed by atoms with E-state index in [1.807, 2.05) is 64.1 Å². The van der Waals surface area contributed by atoms with E-state index in [2.05, 4.69) is 17.6 Å². The number of rotatable bonds is 16. The Morgan fingerprint density at radius 3 is 2.09 bits per heavy atom. The first-order valence-electron chi connectivity index (χ1n) is 16.2. The predicted molar refractivity (Wildman–Crippen MR) is 180 cm³/mol. The topological polar surface area (TPSA) is 131 Å². The van der Waals surface area contributed by atoms with Crippen LogP contribution in [0.4, 0.5) is 10.5 Å². The third-order valence-corrected chi connectivity index (χ3v) is 7.71. The number of carbonyl (C=O) groups excluding carboxylic acids is 4. The van der Waals surface area contributed by atoms with Crippen molar-refractivity contribution in [1.29, 1.82) is 0 Å². The molecule has 0 saturated heterocycles. The van der Waals surface area contributed by atoms with Crippen LogP contribution in [0.3, 0.4) is 0 Å². The number of para-hydroxylation sites is 1. The van der Waals surface area contributed by atoms with Gasteiger partial charge in [-0.25, -0.2) is 4.79 Å². The first-order chi connectivity index (χ1) is 21.1. The number of unbranched alkanes of at least 4 members (excludes halogenated alkanes) is 5. The molecule has 0 fully saturated rings. The van der Waals surface area contributed by atoms with Crippen LogP contribution in [0.15, 0.2) is 36.4 Å². The highest BCUT2D eigenvalue weighted by Crippen LogP contribution is 2.30. The highest BCUT2D eigenvalue weighted by atomic mass is 16.6. The fourth-order valence-electron chi connectivity index (χ4n) is 5.41. The Labute approximate surface area is 269 Å². The number of primary amides is 1. The molecule has 2 aromatic carbocycles. The van der Waals surface area contributed by atoms with Crippen LogP contribution in [0, 0.1) is 27.7 Å². The van der Waals surface area contributed by atoms with Gasteiger partial charge < -0.3 is 26.0 Å². The number of carbonyl (C=O) groups is 4. The van der Waals surface area contributed by atoms with Gasteiger partial charge in [0.2, 0.25) is 11.8 Å². The minimum atomic E-state index is -1.13. The summed E-state index contributed by atoms with van der Waals surface area (Å²) in [5, 5.41) is 5.79. The number of nitrogens with one attached hydrogen (secondary N) is 2. The van der Waals surface area contributed by atoms with Gasteiger partial charge in [0.25, 0.3) is 5.91 Å². The third kappa shape index (κ3) is 12.2. The predicted octanol–water partition coefficient (Wildman–Crippen LogP) is 6.95. The Bertz CT molecular complexity index is 1300. The fourth-order valence-corrected chi connectivity index (χ4v) is 5.41. The lowest BCUT2D eigenvalue weighted by molar-refractivity contribution is -0.141. The van der Waals surface area contributed by atoms with Gasteiger partial charge in [-0.3, -0.25) is 14.4 Å². The maximum atomic E-state index is 14.5. The summed E-state index contributed by atoms with van der Waals surface area (Å²) in [5.41, 5.74) is 9.76. The normalized spacial score (nSPS) is 12.6. The van der Waals surface area contributed by atoms with E-state index in [0.29, 0.717) is 17.7 Å². The Hall–Kier alpha value is -3.88. The zero-order valence-electron chi connectivity index (χ0n) is 28.5. The molecule has 45 heavy (non-hydrogen) atoms. The van der Waals surface area contributed by atoms with E-state index < -0.39 is 35.6 Å². The summed E-state index contributed by atoms with van der Waals surface area (Å²) in [6.07, 6.45) is 4.98. The molecule has 9 heteroatoms. The number of alkyl carbamates (subject to hydrolysis) is 1. The molecule has 2 rings (SSSR count). The number of aryl methyl sites for hydroxylation is 4. The lowest BCUT2D eigenvalue weighted by atomic mass is 9.95. The Morgan fingerprint density at radius 2 is 1.51 bits per heavy atom. The van der Waals surface area contributed by atoms with Crippen molar-refractivity contribution in [2.75, 3.05) is 11.9 Å². The Kier molecular flexibility index (Phi) is 14.6. The number of nitrogens with two attached hydrogens (primary N) is 1. The largest absolute Gasteiger partial charge is 0.444 e. The molecule has 9 nitrogen and oxygen atoms in total. The summed E-state index contributed by atoms with van der Waals surface area (Å²) in [6.45, 7) is 15.4. The first-order valence-corrected chi connectivity index (χ1v) is 16.2. The standard InChI is InChI=1S/C36H54N4O5/c1-9-10-11-12-13-14-22-40(34(43)29(20-21-30(37)41)38-35(44)45-36(6,7)8)32(28-19-18-24(2)23-27(28)5)33(42)39-31-25(3)16-15-17-26(31)4/h15-19,23,29,32H,9-14,20-22H2,1-8H3,(H2,37,41)(H,38,44)(H,39,42). The summed E-state index contributed by atoms with van der Waals surface area (Å²) in [4.78, 5) is 55.2. The average Bonchev–Trinajstić information content (AvgIpc) is 2.93. The summed E-state index contributed by atoms with van der Waals surface area (Å²) >= 11 is 0. The van der Waals surface area contributed by atoms with Crippen LogP contribution >= 0.6 is 0 Å². The minimum absolute atomic E-state index is 0.0292. The molecule has 2 aromatic rings. The third-order valence-electron chi connectivity index (χ3n) is 7.71. The summed E-state index contributed by atoms with van der Waals surface area (Å²) in [6, 6.07) is 9.47. The molecule has 0 aromatic heterocycles. The minimum Gasteiger partial charge on any atom is -0.444 e. The van der Waals surface area contributed by atoms with Gasteiger partial charge in [0.15, 0.2) is 0 Å². The van der Waals surface area contributed by atoms with Gasteiger partial charge in [-0.2, -0.15) is 0 Å². The lowest BCUT2D eigenvalue weighted by Crippen LogP contribution is -2.53.